The van der Waals surface area contributed by atoms with Crippen LogP contribution in [0.3, 0.4) is 0 Å². The van der Waals surface area contributed by atoms with Crippen molar-refractivity contribution in [1.82, 2.24) is 10.2 Å². The molecular formula is C27H37N3O7S. The number of hydrogen-bond acceptors (Lipinski definition) is 7. The van der Waals surface area contributed by atoms with E-state index in [9.17, 15) is 18.0 Å². The third kappa shape index (κ3) is 7.31. The van der Waals surface area contributed by atoms with Crippen LogP contribution in [0.15, 0.2) is 42.5 Å². The van der Waals surface area contributed by atoms with Gasteiger partial charge in [0.05, 0.1) is 33.3 Å². The number of benzene rings is 2. The first-order valence-electron chi connectivity index (χ1n) is 12.5. The highest BCUT2D eigenvalue weighted by molar-refractivity contribution is 7.92. The molecule has 1 fully saturated rings. The smallest absolute Gasteiger partial charge is 0.244 e. The Labute approximate surface area is 224 Å². The molecule has 1 N–H and O–H groups in total. The summed E-state index contributed by atoms with van der Waals surface area (Å²) in [6.07, 6.45) is 4.94. The number of nitrogens with zero attached hydrogens (tertiary/aromatic N) is 2. The van der Waals surface area contributed by atoms with Crippen molar-refractivity contribution in [2.45, 2.75) is 51.2 Å². The van der Waals surface area contributed by atoms with Crippen molar-refractivity contribution in [1.29, 1.82) is 0 Å². The number of ether oxygens (including phenoxy) is 3. The fourth-order valence-electron chi connectivity index (χ4n) is 4.49. The van der Waals surface area contributed by atoms with Crippen LogP contribution in [0.1, 0.15) is 38.2 Å². The van der Waals surface area contributed by atoms with Crippen LogP contribution in [0.5, 0.6) is 17.2 Å². The van der Waals surface area contributed by atoms with E-state index in [0.717, 1.165) is 41.8 Å². The van der Waals surface area contributed by atoms with E-state index in [0.29, 0.717) is 11.5 Å². The normalized spacial score (nSPS) is 14.4. The second kappa shape index (κ2) is 12.9. The zero-order chi connectivity index (χ0) is 27.9. The summed E-state index contributed by atoms with van der Waals surface area (Å²) in [6.45, 7) is 1.23. The van der Waals surface area contributed by atoms with Crippen molar-refractivity contribution < 1.29 is 32.2 Å². The molecule has 0 bridgehead atoms. The molecule has 0 aliphatic heterocycles. The standard InChI is InChI=1S/C27H37N3O7S/c1-19(27(32)28-21-8-6-7-9-21)29(17-20-10-12-22(35-2)13-11-20)26(31)18-30(38(5,33)34)24-16-23(36-3)14-15-25(24)37-4/h10-16,19,21H,6-9,17-18H2,1-5H3,(H,28,32). The Morgan fingerprint density at radius 3 is 2.13 bits per heavy atom. The Morgan fingerprint density at radius 1 is 0.974 bits per heavy atom. The van der Waals surface area contributed by atoms with Crippen LogP contribution in [-0.2, 0) is 26.2 Å². The van der Waals surface area contributed by atoms with Crippen molar-refractivity contribution in [2.24, 2.45) is 0 Å². The average molecular weight is 548 g/mol. The van der Waals surface area contributed by atoms with Crippen molar-refractivity contribution in [3.63, 3.8) is 0 Å². The van der Waals surface area contributed by atoms with Gasteiger partial charge >= 0.3 is 0 Å². The SMILES string of the molecule is COc1ccc(CN(C(=O)CN(c2cc(OC)ccc2OC)S(C)(=O)=O)C(C)C(=O)NC2CCCC2)cc1. The van der Waals surface area contributed by atoms with Gasteiger partial charge in [-0.1, -0.05) is 25.0 Å². The van der Waals surface area contributed by atoms with Gasteiger partial charge in [-0.2, -0.15) is 0 Å². The number of nitrogens with one attached hydrogen (secondary N) is 1. The summed E-state index contributed by atoms with van der Waals surface area (Å²) in [5, 5.41) is 3.05. The molecule has 2 amide bonds. The lowest BCUT2D eigenvalue weighted by Gasteiger charge is -2.32. The highest BCUT2D eigenvalue weighted by atomic mass is 32.2. The summed E-state index contributed by atoms with van der Waals surface area (Å²) < 4.78 is 42.6. The number of hydrogen-bond donors (Lipinski definition) is 1. The van der Waals surface area contributed by atoms with Crippen LogP contribution in [0.25, 0.3) is 0 Å². The van der Waals surface area contributed by atoms with Crippen LogP contribution >= 0.6 is 0 Å². The Bertz CT molecular complexity index is 1210. The first-order valence-corrected chi connectivity index (χ1v) is 14.3. The third-order valence-corrected chi connectivity index (χ3v) is 7.84. The fourth-order valence-corrected chi connectivity index (χ4v) is 5.33. The quantitative estimate of drug-likeness (QED) is 0.435. The van der Waals surface area contributed by atoms with Gasteiger partial charge in [0.1, 0.15) is 29.8 Å². The molecule has 10 nitrogen and oxygen atoms in total. The number of methoxy groups -OCH3 is 3. The minimum Gasteiger partial charge on any atom is -0.497 e. The first-order chi connectivity index (χ1) is 18.1. The number of carbonyl (C=O) groups is 2. The first kappa shape index (κ1) is 29.1. The number of sulfonamides is 1. The zero-order valence-electron chi connectivity index (χ0n) is 22.6. The molecule has 0 heterocycles. The van der Waals surface area contributed by atoms with E-state index >= 15 is 0 Å². The van der Waals surface area contributed by atoms with Gasteiger partial charge in [0.15, 0.2) is 0 Å². The topological polar surface area (TPSA) is 114 Å². The number of rotatable bonds is 12. The molecule has 11 heteroatoms. The lowest BCUT2D eigenvalue weighted by atomic mass is 10.1. The highest BCUT2D eigenvalue weighted by Gasteiger charge is 2.32. The number of carbonyl (C=O) groups excluding carboxylic acids is 2. The van der Waals surface area contributed by atoms with Gasteiger partial charge < -0.3 is 24.4 Å². The van der Waals surface area contributed by atoms with E-state index < -0.39 is 28.5 Å². The van der Waals surface area contributed by atoms with Gasteiger partial charge in [0, 0.05) is 18.7 Å². The molecule has 3 rings (SSSR count). The molecule has 38 heavy (non-hydrogen) atoms. The zero-order valence-corrected chi connectivity index (χ0v) is 23.4. The molecule has 2 aromatic carbocycles. The lowest BCUT2D eigenvalue weighted by Crippen LogP contribution is -2.52. The van der Waals surface area contributed by atoms with Gasteiger partial charge in [0.2, 0.25) is 21.8 Å². The molecule has 0 saturated heterocycles. The monoisotopic (exact) mass is 547 g/mol. The van der Waals surface area contributed by atoms with E-state index in [-0.39, 0.29) is 29.9 Å². The van der Waals surface area contributed by atoms with Gasteiger partial charge in [-0.3, -0.25) is 13.9 Å². The maximum atomic E-state index is 13.8. The molecule has 1 saturated carbocycles. The molecule has 1 unspecified atom stereocenters. The van der Waals surface area contributed by atoms with Crippen LogP contribution < -0.4 is 23.8 Å². The minimum absolute atomic E-state index is 0.0800. The maximum Gasteiger partial charge on any atom is 0.244 e. The molecule has 0 aromatic heterocycles. The van der Waals surface area contributed by atoms with Gasteiger partial charge in [-0.05, 0) is 49.6 Å². The molecule has 0 radical (unpaired) electrons. The third-order valence-electron chi connectivity index (χ3n) is 6.71. The van der Waals surface area contributed by atoms with Crippen LogP contribution in [-0.4, -0.2) is 71.3 Å². The molecular weight excluding hydrogens is 510 g/mol. The van der Waals surface area contributed by atoms with Gasteiger partial charge in [0.25, 0.3) is 0 Å². The van der Waals surface area contributed by atoms with E-state index in [1.54, 1.807) is 50.4 Å². The Hall–Kier alpha value is -3.47. The summed E-state index contributed by atoms with van der Waals surface area (Å²) in [6, 6.07) is 11.1. The van der Waals surface area contributed by atoms with Crippen molar-refractivity contribution >= 4 is 27.5 Å². The summed E-state index contributed by atoms with van der Waals surface area (Å²) in [7, 11) is 0.522. The van der Waals surface area contributed by atoms with E-state index in [4.69, 9.17) is 14.2 Å². The summed E-state index contributed by atoms with van der Waals surface area (Å²) >= 11 is 0. The summed E-state index contributed by atoms with van der Waals surface area (Å²) in [5.41, 5.74) is 0.930. The second-order valence-electron chi connectivity index (χ2n) is 9.34. The molecule has 1 aliphatic rings. The van der Waals surface area contributed by atoms with Crippen LogP contribution in [0.4, 0.5) is 5.69 Å². The van der Waals surface area contributed by atoms with Crippen molar-refractivity contribution in [3.8, 4) is 17.2 Å². The number of anilines is 1. The summed E-state index contributed by atoms with van der Waals surface area (Å²) in [4.78, 5) is 28.4. The van der Waals surface area contributed by atoms with Gasteiger partial charge in [-0.25, -0.2) is 8.42 Å². The van der Waals surface area contributed by atoms with E-state index in [1.165, 1.54) is 25.2 Å². The van der Waals surface area contributed by atoms with Crippen LogP contribution in [0.2, 0.25) is 0 Å². The maximum absolute atomic E-state index is 13.8. The van der Waals surface area contributed by atoms with Crippen LogP contribution in [0, 0.1) is 0 Å². The predicted molar refractivity (Wildman–Crippen MR) is 145 cm³/mol. The fraction of sp³-hybridized carbons (Fsp3) is 0.481. The molecule has 0 spiro atoms. The second-order valence-corrected chi connectivity index (χ2v) is 11.2. The average Bonchev–Trinajstić information content (AvgIpc) is 3.42. The van der Waals surface area contributed by atoms with E-state index in [1.807, 2.05) is 0 Å². The summed E-state index contributed by atoms with van der Waals surface area (Å²) in [5.74, 6) is 0.514. The molecule has 2 aromatic rings. The Balaban J connectivity index is 1.94. The number of amides is 2. The predicted octanol–water partition coefficient (Wildman–Crippen LogP) is 2.95. The minimum atomic E-state index is -3.92. The van der Waals surface area contributed by atoms with Crippen molar-refractivity contribution in [3.05, 3.63) is 48.0 Å². The largest absolute Gasteiger partial charge is 0.497 e. The van der Waals surface area contributed by atoms with E-state index in [2.05, 4.69) is 5.32 Å². The Morgan fingerprint density at radius 2 is 1.58 bits per heavy atom. The molecule has 208 valence electrons. The van der Waals surface area contributed by atoms with Crippen molar-refractivity contribution in [2.75, 3.05) is 38.4 Å². The lowest BCUT2D eigenvalue weighted by molar-refractivity contribution is -0.139. The highest BCUT2D eigenvalue weighted by Crippen LogP contribution is 2.34. The molecule has 1 atom stereocenters. The molecule has 1 aliphatic carbocycles. The Kier molecular flexibility index (Phi) is 9.84. The van der Waals surface area contributed by atoms with Gasteiger partial charge in [-0.15, -0.1) is 0 Å².